The average molecular weight is 297 g/mol. The Bertz CT molecular complexity index is 667. The van der Waals surface area contributed by atoms with Crippen LogP contribution in [0.2, 0.25) is 5.02 Å². The highest BCUT2D eigenvalue weighted by molar-refractivity contribution is 6.30. The molecule has 2 aromatic rings. The second kappa shape index (κ2) is 5.63. The first-order chi connectivity index (χ1) is 9.43. The summed E-state index contributed by atoms with van der Waals surface area (Å²) in [6, 6.07) is 4.46. The van der Waals surface area contributed by atoms with E-state index in [2.05, 4.69) is 9.84 Å². The predicted octanol–water partition coefficient (Wildman–Crippen LogP) is 3.00. The summed E-state index contributed by atoms with van der Waals surface area (Å²) in [4.78, 5) is 11.4. The summed E-state index contributed by atoms with van der Waals surface area (Å²) in [5.74, 6) is -0.843. The second-order valence-electron chi connectivity index (χ2n) is 4.41. The van der Waals surface area contributed by atoms with Gasteiger partial charge >= 0.3 is 5.97 Å². The van der Waals surface area contributed by atoms with Crippen molar-refractivity contribution in [1.82, 2.24) is 9.78 Å². The Labute approximate surface area is 121 Å². The molecule has 0 atom stereocenters. The zero-order valence-electron chi connectivity index (χ0n) is 11.4. The minimum atomic E-state index is -0.508. The summed E-state index contributed by atoms with van der Waals surface area (Å²) < 4.78 is 19.8. The van der Waals surface area contributed by atoms with Crippen LogP contribution in [0, 0.1) is 19.7 Å². The quantitative estimate of drug-likeness (QED) is 0.818. The largest absolute Gasteiger partial charge is 0.469 e. The number of hydrogen-bond donors (Lipinski definition) is 0. The summed E-state index contributed by atoms with van der Waals surface area (Å²) in [6.07, 6.45) is 0.143. The van der Waals surface area contributed by atoms with Crippen molar-refractivity contribution in [1.29, 1.82) is 0 Å². The topological polar surface area (TPSA) is 44.1 Å². The molecule has 20 heavy (non-hydrogen) atoms. The summed E-state index contributed by atoms with van der Waals surface area (Å²) >= 11 is 5.67. The van der Waals surface area contributed by atoms with Crippen LogP contribution in [0.1, 0.15) is 17.0 Å². The number of ether oxygens (including phenoxy) is 1. The second-order valence-corrected chi connectivity index (χ2v) is 4.82. The van der Waals surface area contributed by atoms with Crippen LogP contribution < -0.4 is 0 Å². The van der Waals surface area contributed by atoms with Crippen molar-refractivity contribution < 1.29 is 13.9 Å². The van der Waals surface area contributed by atoms with Gasteiger partial charge in [0.1, 0.15) is 5.82 Å². The van der Waals surface area contributed by atoms with Gasteiger partial charge in [-0.1, -0.05) is 11.6 Å². The van der Waals surface area contributed by atoms with Crippen LogP contribution in [0.25, 0.3) is 5.69 Å². The van der Waals surface area contributed by atoms with Crippen molar-refractivity contribution in [2.45, 2.75) is 20.3 Å². The number of aryl methyl sites for hydroxylation is 1. The number of esters is 1. The van der Waals surface area contributed by atoms with Crippen molar-refractivity contribution >= 4 is 17.6 Å². The van der Waals surface area contributed by atoms with E-state index in [9.17, 15) is 9.18 Å². The fourth-order valence-corrected chi connectivity index (χ4v) is 2.13. The van der Waals surface area contributed by atoms with Crippen LogP contribution >= 0.6 is 11.6 Å². The third kappa shape index (κ3) is 2.67. The first kappa shape index (κ1) is 14.5. The van der Waals surface area contributed by atoms with E-state index in [1.165, 1.54) is 19.2 Å². The smallest absolute Gasteiger partial charge is 0.310 e. The Hall–Kier alpha value is -1.88. The highest BCUT2D eigenvalue weighted by Crippen LogP contribution is 2.22. The van der Waals surface area contributed by atoms with Gasteiger partial charge in [-0.05, 0) is 26.0 Å². The van der Waals surface area contributed by atoms with Gasteiger partial charge in [-0.25, -0.2) is 9.07 Å². The molecule has 0 aliphatic rings. The van der Waals surface area contributed by atoms with Gasteiger partial charge in [-0.3, -0.25) is 4.79 Å². The van der Waals surface area contributed by atoms with Crippen LogP contribution in [0.15, 0.2) is 18.2 Å². The summed E-state index contributed by atoms with van der Waals surface area (Å²) in [5, 5.41) is 4.40. The van der Waals surface area contributed by atoms with Gasteiger partial charge in [0.25, 0.3) is 0 Å². The number of halogens is 2. The van der Waals surface area contributed by atoms with Crippen LogP contribution in [0.3, 0.4) is 0 Å². The SMILES string of the molecule is COC(=O)Cc1c(C)nn(-c2ccc(Cl)c(F)c2)c1C. The van der Waals surface area contributed by atoms with E-state index < -0.39 is 5.82 Å². The highest BCUT2D eigenvalue weighted by atomic mass is 35.5. The molecule has 0 fully saturated rings. The number of nitrogens with zero attached hydrogens (tertiary/aromatic N) is 2. The zero-order chi connectivity index (χ0) is 14.9. The van der Waals surface area contributed by atoms with E-state index in [0.29, 0.717) is 11.4 Å². The van der Waals surface area contributed by atoms with Gasteiger partial charge in [0.2, 0.25) is 0 Å². The van der Waals surface area contributed by atoms with Crippen molar-refractivity contribution in [2.75, 3.05) is 7.11 Å². The fraction of sp³-hybridized carbons (Fsp3) is 0.286. The molecule has 2 rings (SSSR count). The molecule has 1 heterocycles. The van der Waals surface area contributed by atoms with E-state index in [-0.39, 0.29) is 17.4 Å². The minimum absolute atomic E-state index is 0.0602. The van der Waals surface area contributed by atoms with E-state index >= 15 is 0 Å². The van der Waals surface area contributed by atoms with E-state index in [4.69, 9.17) is 11.6 Å². The molecule has 6 heteroatoms. The number of rotatable bonds is 3. The van der Waals surface area contributed by atoms with Crippen molar-refractivity contribution in [2.24, 2.45) is 0 Å². The third-order valence-corrected chi connectivity index (χ3v) is 3.44. The molecule has 0 saturated carbocycles. The summed E-state index contributed by atoms with van der Waals surface area (Å²) in [5.41, 5.74) is 2.83. The molecular weight excluding hydrogens is 283 g/mol. The lowest BCUT2D eigenvalue weighted by molar-refractivity contribution is -0.139. The van der Waals surface area contributed by atoms with Crippen molar-refractivity contribution in [3.05, 3.63) is 46.0 Å². The lowest BCUT2D eigenvalue weighted by Gasteiger charge is -2.06. The highest BCUT2D eigenvalue weighted by Gasteiger charge is 2.16. The maximum atomic E-state index is 13.5. The number of aromatic nitrogens is 2. The molecule has 0 spiro atoms. The van der Waals surface area contributed by atoms with Gasteiger partial charge in [-0.15, -0.1) is 0 Å². The molecule has 0 unspecified atom stereocenters. The fourth-order valence-electron chi connectivity index (χ4n) is 2.02. The Kier molecular flexibility index (Phi) is 4.09. The molecule has 0 saturated heterocycles. The molecule has 0 N–H and O–H groups in total. The first-order valence-corrected chi connectivity index (χ1v) is 6.39. The Morgan fingerprint density at radius 2 is 2.15 bits per heavy atom. The van der Waals surface area contributed by atoms with E-state index in [1.807, 2.05) is 6.92 Å². The number of methoxy groups -OCH3 is 1. The average Bonchev–Trinajstić information content (AvgIpc) is 2.69. The summed E-state index contributed by atoms with van der Waals surface area (Å²) in [6.45, 7) is 3.62. The Morgan fingerprint density at radius 1 is 1.45 bits per heavy atom. The number of benzene rings is 1. The number of hydrogen-bond acceptors (Lipinski definition) is 3. The zero-order valence-corrected chi connectivity index (χ0v) is 12.2. The predicted molar refractivity (Wildman–Crippen MR) is 73.7 cm³/mol. The summed E-state index contributed by atoms with van der Waals surface area (Å²) in [7, 11) is 1.34. The van der Waals surface area contributed by atoms with Gasteiger partial charge in [0.05, 0.1) is 29.9 Å². The number of carbonyl (C=O) groups excluding carboxylic acids is 1. The maximum Gasteiger partial charge on any atom is 0.310 e. The minimum Gasteiger partial charge on any atom is -0.469 e. The van der Waals surface area contributed by atoms with Gasteiger partial charge in [0.15, 0.2) is 0 Å². The van der Waals surface area contributed by atoms with Crippen LogP contribution in [-0.4, -0.2) is 22.9 Å². The third-order valence-electron chi connectivity index (χ3n) is 3.14. The van der Waals surface area contributed by atoms with Crippen molar-refractivity contribution in [3.8, 4) is 5.69 Å². The van der Waals surface area contributed by atoms with Crippen LogP contribution in [-0.2, 0) is 16.0 Å². The standard InChI is InChI=1S/C14H14ClFN2O2/c1-8-11(7-14(19)20-3)9(2)18(17-8)10-4-5-12(15)13(16)6-10/h4-6H,7H2,1-3H3. The molecule has 1 aromatic heterocycles. The molecule has 0 bridgehead atoms. The Balaban J connectivity index is 2.45. The van der Waals surface area contributed by atoms with Gasteiger partial charge < -0.3 is 4.74 Å². The van der Waals surface area contributed by atoms with Gasteiger partial charge in [-0.2, -0.15) is 5.10 Å². The molecule has 4 nitrogen and oxygen atoms in total. The molecule has 0 amide bonds. The van der Waals surface area contributed by atoms with Gasteiger partial charge in [0, 0.05) is 17.3 Å². The normalized spacial score (nSPS) is 10.7. The lowest BCUT2D eigenvalue weighted by Crippen LogP contribution is -2.06. The molecule has 0 aliphatic carbocycles. The lowest BCUT2D eigenvalue weighted by atomic mass is 10.1. The van der Waals surface area contributed by atoms with E-state index in [1.54, 1.807) is 17.7 Å². The molecule has 1 aromatic carbocycles. The van der Waals surface area contributed by atoms with Crippen LogP contribution in [0.5, 0.6) is 0 Å². The van der Waals surface area contributed by atoms with E-state index in [0.717, 1.165) is 11.3 Å². The molecule has 106 valence electrons. The molecular formula is C14H14ClFN2O2. The monoisotopic (exact) mass is 296 g/mol. The first-order valence-electron chi connectivity index (χ1n) is 6.01. The molecule has 0 radical (unpaired) electrons. The maximum absolute atomic E-state index is 13.5. The van der Waals surface area contributed by atoms with Crippen molar-refractivity contribution in [3.63, 3.8) is 0 Å². The number of carbonyl (C=O) groups is 1. The molecule has 0 aliphatic heterocycles. The Morgan fingerprint density at radius 3 is 2.75 bits per heavy atom. The van der Waals surface area contributed by atoms with Crippen LogP contribution in [0.4, 0.5) is 4.39 Å².